The largest absolute Gasteiger partial charge is 0.483 e. The number of fused-ring (bicyclic) bond motifs is 5. The number of amides is 1. The van der Waals surface area contributed by atoms with Crippen molar-refractivity contribution >= 4 is 15.9 Å². The van der Waals surface area contributed by atoms with E-state index < -0.39 is 10.0 Å². The lowest BCUT2D eigenvalue weighted by atomic mass is 9.82. The molecule has 2 bridgehead atoms. The summed E-state index contributed by atoms with van der Waals surface area (Å²) in [5.41, 5.74) is 1.18. The number of carbonyl (C=O) groups is 1. The van der Waals surface area contributed by atoms with Crippen LogP contribution in [0.25, 0.3) is 0 Å². The van der Waals surface area contributed by atoms with Gasteiger partial charge in [-0.05, 0) is 74.8 Å². The zero-order valence-electron chi connectivity index (χ0n) is 19.3. The SMILES string of the molecule is O=C1COc2ccccc2C2CCC(CC2)OCC2[C@@H](NS(=O)(=O)CC3CCC3)CCCN12. The predicted octanol–water partition coefficient (Wildman–Crippen LogP) is 3.20. The third kappa shape index (κ3) is 5.38. The molecule has 2 aliphatic carbocycles. The Bertz CT molecular complexity index is 940. The summed E-state index contributed by atoms with van der Waals surface area (Å²) in [7, 11) is -3.39. The highest BCUT2D eigenvalue weighted by atomic mass is 32.2. The zero-order valence-corrected chi connectivity index (χ0v) is 20.1. The van der Waals surface area contributed by atoms with Gasteiger partial charge >= 0.3 is 0 Å². The van der Waals surface area contributed by atoms with Crippen LogP contribution in [-0.2, 0) is 19.6 Å². The Labute approximate surface area is 197 Å². The maximum absolute atomic E-state index is 13.3. The minimum atomic E-state index is -3.39. The molecule has 1 saturated heterocycles. The molecule has 0 radical (unpaired) electrons. The first-order valence-electron chi connectivity index (χ1n) is 12.6. The van der Waals surface area contributed by atoms with Crippen molar-refractivity contribution in [3.63, 3.8) is 0 Å². The van der Waals surface area contributed by atoms with E-state index in [1.807, 2.05) is 18.2 Å². The van der Waals surface area contributed by atoms with Crippen molar-refractivity contribution in [3.05, 3.63) is 29.8 Å². The van der Waals surface area contributed by atoms with Crippen molar-refractivity contribution in [3.8, 4) is 5.75 Å². The van der Waals surface area contributed by atoms with E-state index in [9.17, 15) is 13.2 Å². The fourth-order valence-electron chi connectivity index (χ4n) is 5.91. The predicted molar refractivity (Wildman–Crippen MR) is 126 cm³/mol. The third-order valence-electron chi connectivity index (χ3n) is 8.00. The molecule has 3 aliphatic heterocycles. The molecule has 7 nitrogen and oxygen atoms in total. The first kappa shape index (κ1) is 23.1. The Balaban J connectivity index is 1.36. The molecule has 1 N–H and O–H groups in total. The van der Waals surface area contributed by atoms with E-state index in [-0.39, 0.29) is 42.4 Å². The van der Waals surface area contributed by atoms with Gasteiger partial charge in [-0.3, -0.25) is 4.79 Å². The van der Waals surface area contributed by atoms with Crippen molar-refractivity contribution in [1.29, 1.82) is 0 Å². The Morgan fingerprint density at radius 3 is 2.55 bits per heavy atom. The average Bonchev–Trinajstić information content (AvgIpc) is 2.80. The molecule has 3 heterocycles. The molecular weight excluding hydrogens is 440 g/mol. The lowest BCUT2D eigenvalue weighted by Crippen LogP contribution is -2.60. The van der Waals surface area contributed by atoms with Crippen molar-refractivity contribution < 1.29 is 22.7 Å². The first-order valence-corrected chi connectivity index (χ1v) is 14.3. The van der Waals surface area contributed by atoms with Crippen molar-refractivity contribution in [2.45, 2.75) is 81.9 Å². The normalized spacial score (nSPS) is 31.3. The lowest BCUT2D eigenvalue weighted by Gasteiger charge is -2.42. The Hall–Kier alpha value is -1.64. The number of hydrogen-bond acceptors (Lipinski definition) is 5. The molecule has 8 heteroatoms. The molecule has 0 aromatic heterocycles. The van der Waals surface area contributed by atoms with Crippen LogP contribution in [0.2, 0.25) is 0 Å². The van der Waals surface area contributed by atoms with Crippen molar-refractivity contribution in [2.24, 2.45) is 5.92 Å². The van der Waals surface area contributed by atoms with Crippen LogP contribution in [0, 0.1) is 5.92 Å². The van der Waals surface area contributed by atoms with Crippen molar-refractivity contribution in [1.82, 2.24) is 9.62 Å². The maximum Gasteiger partial charge on any atom is 0.260 e. The first-order chi connectivity index (χ1) is 16.0. The van der Waals surface area contributed by atoms with Crippen LogP contribution in [0.4, 0.5) is 0 Å². The number of nitrogens with one attached hydrogen (secondary N) is 1. The van der Waals surface area contributed by atoms with Gasteiger partial charge in [-0.25, -0.2) is 13.1 Å². The number of sulfonamides is 1. The third-order valence-corrected chi connectivity index (χ3v) is 9.57. The highest BCUT2D eigenvalue weighted by molar-refractivity contribution is 7.89. The molecular formula is C25H36N2O5S. The van der Waals surface area contributed by atoms with Crippen LogP contribution in [0.15, 0.2) is 24.3 Å². The molecule has 2 atom stereocenters. The fourth-order valence-corrected chi connectivity index (χ4v) is 7.69. The number of para-hydroxylation sites is 1. The summed E-state index contributed by atoms with van der Waals surface area (Å²) in [6, 6.07) is 7.43. The minimum absolute atomic E-state index is 0.0365. The smallest absolute Gasteiger partial charge is 0.260 e. The summed E-state index contributed by atoms with van der Waals surface area (Å²) >= 11 is 0. The molecule has 1 amide bonds. The summed E-state index contributed by atoms with van der Waals surface area (Å²) in [6.45, 7) is 0.932. The second-order valence-corrected chi connectivity index (χ2v) is 12.0. The van der Waals surface area contributed by atoms with Gasteiger partial charge in [0, 0.05) is 12.6 Å². The quantitative estimate of drug-likeness (QED) is 0.721. The van der Waals surface area contributed by atoms with Gasteiger partial charge in [0.05, 0.1) is 24.5 Å². The molecule has 1 unspecified atom stereocenters. The number of nitrogens with zero attached hydrogens (tertiary/aromatic N) is 1. The van der Waals surface area contributed by atoms with E-state index in [0.29, 0.717) is 19.1 Å². The number of piperidine rings is 1. The minimum Gasteiger partial charge on any atom is -0.483 e. The second kappa shape index (κ2) is 9.92. The van der Waals surface area contributed by atoms with Crippen LogP contribution in [0.5, 0.6) is 5.75 Å². The molecule has 3 fully saturated rings. The van der Waals surface area contributed by atoms with Crippen LogP contribution in [-0.4, -0.2) is 62.9 Å². The van der Waals surface area contributed by atoms with Gasteiger partial charge in [-0.1, -0.05) is 24.6 Å². The Kier molecular flexibility index (Phi) is 6.95. The van der Waals surface area contributed by atoms with Gasteiger partial charge in [0.1, 0.15) is 5.75 Å². The summed E-state index contributed by atoms with van der Waals surface area (Å²) in [4.78, 5) is 15.1. The number of carbonyl (C=O) groups excluding carboxylic acids is 1. The number of ether oxygens (including phenoxy) is 2. The van der Waals surface area contributed by atoms with E-state index in [1.54, 1.807) is 4.90 Å². The van der Waals surface area contributed by atoms with E-state index in [1.165, 1.54) is 5.56 Å². The van der Waals surface area contributed by atoms with E-state index in [4.69, 9.17) is 9.47 Å². The van der Waals surface area contributed by atoms with E-state index >= 15 is 0 Å². The maximum atomic E-state index is 13.3. The van der Waals surface area contributed by atoms with Gasteiger partial charge in [-0.15, -0.1) is 0 Å². The number of hydrogen-bond donors (Lipinski definition) is 1. The molecule has 0 spiro atoms. The molecule has 1 aromatic carbocycles. The van der Waals surface area contributed by atoms with E-state index in [2.05, 4.69) is 10.8 Å². The Morgan fingerprint density at radius 2 is 1.79 bits per heavy atom. The monoisotopic (exact) mass is 476 g/mol. The van der Waals surface area contributed by atoms with Crippen LogP contribution in [0.1, 0.15) is 69.3 Å². The molecule has 1 aromatic rings. The van der Waals surface area contributed by atoms with E-state index in [0.717, 1.165) is 63.5 Å². The van der Waals surface area contributed by atoms with Crippen LogP contribution < -0.4 is 9.46 Å². The zero-order chi connectivity index (χ0) is 22.8. The summed E-state index contributed by atoms with van der Waals surface area (Å²) in [5, 5.41) is 0. The molecule has 5 aliphatic rings. The Morgan fingerprint density at radius 1 is 1.00 bits per heavy atom. The molecule has 33 heavy (non-hydrogen) atoms. The number of benzene rings is 1. The van der Waals surface area contributed by atoms with Gasteiger partial charge in [0.2, 0.25) is 10.0 Å². The number of rotatable bonds is 4. The fraction of sp³-hybridized carbons (Fsp3) is 0.720. The summed E-state index contributed by atoms with van der Waals surface area (Å²) < 4.78 is 41.1. The molecule has 6 rings (SSSR count). The summed E-state index contributed by atoms with van der Waals surface area (Å²) in [5.74, 6) is 1.57. The molecule has 182 valence electrons. The average molecular weight is 477 g/mol. The van der Waals surface area contributed by atoms with Gasteiger partial charge in [-0.2, -0.15) is 0 Å². The van der Waals surface area contributed by atoms with Gasteiger partial charge in [0.25, 0.3) is 5.91 Å². The summed E-state index contributed by atoms with van der Waals surface area (Å²) in [6.07, 6.45) is 8.74. The highest BCUT2D eigenvalue weighted by Crippen LogP contribution is 2.39. The van der Waals surface area contributed by atoms with Gasteiger partial charge < -0.3 is 14.4 Å². The topological polar surface area (TPSA) is 84.9 Å². The standard InChI is InChI=1S/C25H36N2O5S/c28-25-16-32-24-9-2-1-7-21(24)19-10-12-20(13-11-19)31-15-23-22(8-4-14-27(23)25)26-33(29,30)17-18-5-3-6-18/h1-2,7,9,18-20,22-23,26H,3-6,8,10-17H2/t19?,20?,22-,23?/m0/s1. The molecule has 2 saturated carbocycles. The second-order valence-electron chi connectivity index (χ2n) is 10.2. The van der Waals surface area contributed by atoms with Crippen LogP contribution >= 0.6 is 0 Å². The van der Waals surface area contributed by atoms with Crippen LogP contribution in [0.3, 0.4) is 0 Å². The lowest BCUT2D eigenvalue weighted by molar-refractivity contribution is -0.140. The van der Waals surface area contributed by atoms with Crippen molar-refractivity contribution in [2.75, 3.05) is 25.5 Å². The highest BCUT2D eigenvalue weighted by Gasteiger charge is 2.39. The van der Waals surface area contributed by atoms with Gasteiger partial charge in [0.15, 0.2) is 6.61 Å².